The molecule has 0 fully saturated rings. The fourth-order valence-corrected chi connectivity index (χ4v) is 3.06. The number of nitrogens with zero attached hydrogens (tertiary/aromatic N) is 2. The highest BCUT2D eigenvalue weighted by atomic mass is 32.1. The third-order valence-corrected chi connectivity index (χ3v) is 3.89. The van der Waals surface area contributed by atoms with Crippen LogP contribution in [0.2, 0.25) is 0 Å². The average Bonchev–Trinajstić information content (AvgIpc) is 2.71. The lowest BCUT2D eigenvalue weighted by atomic mass is 10.2. The van der Waals surface area contributed by atoms with Crippen LogP contribution in [0.5, 0.6) is 0 Å². The molecule has 4 heteroatoms. The summed E-state index contributed by atoms with van der Waals surface area (Å²) in [5.41, 5.74) is 7.26. The molecule has 1 aromatic carbocycles. The number of aryl methyl sites for hydroxylation is 1. The Balaban J connectivity index is 2.67. The molecule has 0 saturated heterocycles. The maximum Gasteiger partial charge on any atom is 0.0856 e. The molecule has 0 aliphatic carbocycles. The van der Waals surface area contributed by atoms with Crippen molar-refractivity contribution in [2.75, 3.05) is 0 Å². The molecule has 0 amide bonds. The van der Waals surface area contributed by atoms with Gasteiger partial charge in [-0.1, -0.05) is 0 Å². The van der Waals surface area contributed by atoms with Crippen molar-refractivity contribution < 1.29 is 0 Å². The molecular weight excluding hydrogens is 200 g/mol. The minimum atomic E-state index is 1.10. The first-order valence-corrected chi connectivity index (χ1v) is 5.68. The van der Waals surface area contributed by atoms with Gasteiger partial charge in [0.05, 0.1) is 31.5 Å². The molecule has 64 valence electrons. The number of thiazole rings is 2. The SMILES string of the molecule is Cc1c2ncsc2cc2ncsc12. The van der Waals surface area contributed by atoms with Crippen molar-refractivity contribution >= 4 is 43.1 Å². The average molecular weight is 206 g/mol. The summed E-state index contributed by atoms with van der Waals surface area (Å²) in [7, 11) is 0. The molecule has 0 saturated carbocycles. The van der Waals surface area contributed by atoms with E-state index in [4.69, 9.17) is 0 Å². The lowest BCUT2D eigenvalue weighted by Gasteiger charge is -1.95. The van der Waals surface area contributed by atoms with Crippen LogP contribution in [0.4, 0.5) is 0 Å². The molecule has 3 aromatic rings. The maximum absolute atomic E-state index is 4.35. The molecule has 0 unspecified atom stereocenters. The lowest BCUT2D eigenvalue weighted by Crippen LogP contribution is -1.76. The van der Waals surface area contributed by atoms with Crippen molar-refractivity contribution in [2.24, 2.45) is 0 Å². The predicted octanol–water partition coefficient (Wildman–Crippen LogP) is 3.21. The summed E-state index contributed by atoms with van der Waals surface area (Å²) in [5.74, 6) is 0. The Morgan fingerprint density at radius 2 is 2.00 bits per heavy atom. The van der Waals surface area contributed by atoms with Gasteiger partial charge in [0.25, 0.3) is 0 Å². The molecule has 0 bridgehead atoms. The lowest BCUT2D eigenvalue weighted by molar-refractivity contribution is 1.45. The summed E-state index contributed by atoms with van der Waals surface area (Å²) in [6.45, 7) is 2.11. The van der Waals surface area contributed by atoms with E-state index < -0.39 is 0 Å². The second-order valence-electron chi connectivity index (χ2n) is 2.90. The molecule has 0 aliphatic rings. The van der Waals surface area contributed by atoms with Gasteiger partial charge in [0.1, 0.15) is 0 Å². The van der Waals surface area contributed by atoms with Gasteiger partial charge in [-0.3, -0.25) is 0 Å². The van der Waals surface area contributed by atoms with Crippen LogP contribution in [0.1, 0.15) is 5.56 Å². The number of aromatic nitrogens is 2. The summed E-state index contributed by atoms with van der Waals surface area (Å²) in [4.78, 5) is 8.65. The number of rotatable bonds is 0. The van der Waals surface area contributed by atoms with Crippen molar-refractivity contribution in [3.8, 4) is 0 Å². The zero-order chi connectivity index (χ0) is 8.84. The number of hydrogen-bond acceptors (Lipinski definition) is 4. The number of benzene rings is 1. The van der Waals surface area contributed by atoms with E-state index in [9.17, 15) is 0 Å². The Labute approximate surface area is 82.9 Å². The summed E-state index contributed by atoms with van der Waals surface area (Å²) in [6.07, 6.45) is 0. The van der Waals surface area contributed by atoms with E-state index in [1.54, 1.807) is 22.7 Å². The molecule has 0 N–H and O–H groups in total. The molecule has 0 atom stereocenters. The van der Waals surface area contributed by atoms with Crippen LogP contribution < -0.4 is 0 Å². The zero-order valence-electron chi connectivity index (χ0n) is 6.94. The molecule has 13 heavy (non-hydrogen) atoms. The predicted molar refractivity (Wildman–Crippen MR) is 57.5 cm³/mol. The Kier molecular flexibility index (Phi) is 1.42. The number of hydrogen-bond donors (Lipinski definition) is 0. The third-order valence-electron chi connectivity index (χ3n) is 2.15. The van der Waals surface area contributed by atoms with E-state index in [-0.39, 0.29) is 0 Å². The minimum absolute atomic E-state index is 1.10. The van der Waals surface area contributed by atoms with E-state index in [1.807, 2.05) is 11.0 Å². The third kappa shape index (κ3) is 0.927. The standard InChI is InChI=1S/C9H6N2S2/c1-5-8-7(12-4-11-8)2-6-9(5)13-3-10-6/h2-4H,1H3. The van der Waals surface area contributed by atoms with Gasteiger partial charge in [-0.2, -0.15) is 0 Å². The second kappa shape index (κ2) is 2.49. The van der Waals surface area contributed by atoms with Crippen molar-refractivity contribution in [1.82, 2.24) is 9.97 Å². The summed E-state index contributed by atoms with van der Waals surface area (Å²) in [6, 6.07) is 2.12. The maximum atomic E-state index is 4.35. The zero-order valence-corrected chi connectivity index (χ0v) is 8.58. The first-order chi connectivity index (χ1) is 6.36. The monoisotopic (exact) mass is 206 g/mol. The van der Waals surface area contributed by atoms with E-state index in [0.717, 1.165) is 11.0 Å². The fraction of sp³-hybridized carbons (Fsp3) is 0.111. The Morgan fingerprint density at radius 3 is 2.92 bits per heavy atom. The summed E-state index contributed by atoms with van der Waals surface area (Å²) < 4.78 is 2.49. The molecule has 2 nitrogen and oxygen atoms in total. The van der Waals surface area contributed by atoms with E-state index in [1.165, 1.54) is 15.0 Å². The Morgan fingerprint density at radius 1 is 1.15 bits per heavy atom. The highest BCUT2D eigenvalue weighted by molar-refractivity contribution is 7.18. The van der Waals surface area contributed by atoms with Crippen LogP contribution in [0.3, 0.4) is 0 Å². The highest BCUT2D eigenvalue weighted by Crippen LogP contribution is 2.30. The Bertz CT molecular complexity index is 531. The van der Waals surface area contributed by atoms with Crippen molar-refractivity contribution in [3.05, 3.63) is 22.7 Å². The number of fused-ring (bicyclic) bond motifs is 2. The van der Waals surface area contributed by atoms with Crippen LogP contribution in [-0.2, 0) is 0 Å². The molecular formula is C9H6N2S2. The molecule has 0 spiro atoms. The fourth-order valence-electron chi connectivity index (χ4n) is 1.51. The Hall–Kier alpha value is -1.00. The first-order valence-electron chi connectivity index (χ1n) is 3.92. The first kappa shape index (κ1) is 7.41. The van der Waals surface area contributed by atoms with Gasteiger partial charge in [0.2, 0.25) is 0 Å². The van der Waals surface area contributed by atoms with Crippen LogP contribution in [0.25, 0.3) is 20.4 Å². The molecule has 0 radical (unpaired) electrons. The summed E-state index contributed by atoms with van der Waals surface area (Å²) >= 11 is 3.36. The van der Waals surface area contributed by atoms with Crippen LogP contribution in [-0.4, -0.2) is 9.97 Å². The van der Waals surface area contributed by atoms with Crippen LogP contribution in [0.15, 0.2) is 17.1 Å². The van der Waals surface area contributed by atoms with Gasteiger partial charge in [-0.15, -0.1) is 22.7 Å². The van der Waals surface area contributed by atoms with E-state index in [0.29, 0.717) is 0 Å². The second-order valence-corrected chi connectivity index (χ2v) is 4.64. The van der Waals surface area contributed by atoms with Crippen LogP contribution >= 0.6 is 22.7 Å². The van der Waals surface area contributed by atoms with Gasteiger partial charge >= 0.3 is 0 Å². The van der Waals surface area contributed by atoms with Crippen LogP contribution in [0, 0.1) is 6.92 Å². The smallest absolute Gasteiger partial charge is 0.0856 e. The molecule has 2 aromatic heterocycles. The largest absolute Gasteiger partial charge is 0.245 e. The van der Waals surface area contributed by atoms with Gasteiger partial charge in [0.15, 0.2) is 0 Å². The molecule has 2 heterocycles. The topological polar surface area (TPSA) is 25.8 Å². The van der Waals surface area contributed by atoms with Crippen molar-refractivity contribution in [1.29, 1.82) is 0 Å². The van der Waals surface area contributed by atoms with Gasteiger partial charge in [-0.05, 0) is 18.6 Å². The van der Waals surface area contributed by atoms with Crippen molar-refractivity contribution in [3.63, 3.8) is 0 Å². The quantitative estimate of drug-likeness (QED) is 0.564. The van der Waals surface area contributed by atoms with Gasteiger partial charge in [0, 0.05) is 0 Å². The van der Waals surface area contributed by atoms with Gasteiger partial charge < -0.3 is 0 Å². The van der Waals surface area contributed by atoms with E-state index in [2.05, 4.69) is 23.0 Å². The highest BCUT2D eigenvalue weighted by Gasteiger charge is 2.07. The molecule has 3 rings (SSSR count). The normalized spacial score (nSPS) is 11.5. The minimum Gasteiger partial charge on any atom is -0.245 e. The van der Waals surface area contributed by atoms with Crippen molar-refractivity contribution in [2.45, 2.75) is 6.92 Å². The summed E-state index contributed by atoms with van der Waals surface area (Å²) in [5, 5.41) is 0. The van der Waals surface area contributed by atoms with E-state index >= 15 is 0 Å². The molecule has 0 aliphatic heterocycles. The van der Waals surface area contributed by atoms with Gasteiger partial charge in [-0.25, -0.2) is 9.97 Å².